The maximum absolute atomic E-state index is 12.4. The summed E-state index contributed by atoms with van der Waals surface area (Å²) in [5.41, 5.74) is 0.558. The third kappa shape index (κ3) is 3.85. The first-order valence-electron chi connectivity index (χ1n) is 7.09. The van der Waals surface area contributed by atoms with Crippen molar-refractivity contribution in [1.29, 1.82) is 0 Å². The number of halogens is 2. The number of ether oxygens (including phenoxy) is 1. The molecule has 3 rings (SSSR count). The number of hydrogen-bond donors (Lipinski definition) is 1. The first kappa shape index (κ1) is 16.3. The number of carbonyl (C=O) groups excluding carboxylic acids is 1. The van der Waals surface area contributed by atoms with Gasteiger partial charge in [0.1, 0.15) is 16.6 Å². The van der Waals surface area contributed by atoms with Gasteiger partial charge in [0.15, 0.2) is 5.75 Å². The molecule has 0 saturated carbocycles. The van der Waals surface area contributed by atoms with Crippen molar-refractivity contribution >= 4 is 34.8 Å². The maximum atomic E-state index is 12.4. The standard InChI is InChI=1S/C18H12Cl2N2O2/c19-13-10-11-16(20)22-17(13)18(23)21-14-8-4-5-9-15(14)24-12-6-2-1-3-7-12/h1-11H,(H,21,23). The van der Waals surface area contributed by atoms with Crippen molar-refractivity contribution in [2.75, 3.05) is 5.32 Å². The predicted octanol–water partition coefficient (Wildman–Crippen LogP) is 5.43. The molecule has 3 aromatic rings. The van der Waals surface area contributed by atoms with Crippen LogP contribution in [0.25, 0.3) is 0 Å². The smallest absolute Gasteiger partial charge is 0.275 e. The molecule has 0 fully saturated rings. The van der Waals surface area contributed by atoms with Crippen LogP contribution in [0.2, 0.25) is 10.2 Å². The Hall–Kier alpha value is -2.56. The van der Waals surface area contributed by atoms with Gasteiger partial charge in [-0.3, -0.25) is 4.79 Å². The van der Waals surface area contributed by atoms with E-state index in [-0.39, 0.29) is 15.9 Å². The van der Waals surface area contributed by atoms with Gasteiger partial charge in [0, 0.05) is 0 Å². The monoisotopic (exact) mass is 358 g/mol. The largest absolute Gasteiger partial charge is 0.455 e. The van der Waals surface area contributed by atoms with Crippen molar-refractivity contribution < 1.29 is 9.53 Å². The van der Waals surface area contributed by atoms with Crippen LogP contribution in [0.1, 0.15) is 10.5 Å². The molecule has 1 amide bonds. The van der Waals surface area contributed by atoms with Crippen LogP contribution in [0.5, 0.6) is 11.5 Å². The lowest BCUT2D eigenvalue weighted by atomic mass is 10.2. The van der Waals surface area contributed by atoms with Gasteiger partial charge in [-0.2, -0.15) is 0 Å². The summed E-state index contributed by atoms with van der Waals surface area (Å²) in [5, 5.41) is 3.16. The van der Waals surface area contributed by atoms with Crippen LogP contribution in [0.4, 0.5) is 5.69 Å². The number of nitrogens with zero attached hydrogens (tertiary/aromatic N) is 1. The molecule has 0 radical (unpaired) electrons. The number of pyridine rings is 1. The Morgan fingerprint density at radius 3 is 2.42 bits per heavy atom. The van der Waals surface area contributed by atoms with Crippen LogP contribution in [0.3, 0.4) is 0 Å². The molecule has 1 aromatic heterocycles. The van der Waals surface area contributed by atoms with Crippen LogP contribution in [-0.4, -0.2) is 10.9 Å². The second-order valence-electron chi connectivity index (χ2n) is 4.83. The molecule has 0 aliphatic heterocycles. The lowest BCUT2D eigenvalue weighted by molar-refractivity contribution is 0.102. The summed E-state index contributed by atoms with van der Waals surface area (Å²) in [6, 6.07) is 19.4. The molecule has 120 valence electrons. The minimum Gasteiger partial charge on any atom is -0.455 e. The minimum atomic E-state index is -0.466. The molecule has 0 aliphatic rings. The summed E-state index contributed by atoms with van der Waals surface area (Å²) < 4.78 is 5.81. The highest BCUT2D eigenvalue weighted by molar-refractivity contribution is 6.35. The van der Waals surface area contributed by atoms with Crippen molar-refractivity contribution in [1.82, 2.24) is 4.98 Å². The Morgan fingerprint density at radius 1 is 0.917 bits per heavy atom. The van der Waals surface area contributed by atoms with E-state index in [2.05, 4.69) is 10.3 Å². The maximum Gasteiger partial charge on any atom is 0.275 e. The van der Waals surface area contributed by atoms with Gasteiger partial charge in [-0.05, 0) is 36.4 Å². The fraction of sp³-hybridized carbons (Fsp3) is 0. The molecule has 0 atom stereocenters. The number of benzene rings is 2. The van der Waals surface area contributed by atoms with Crippen LogP contribution in [-0.2, 0) is 0 Å². The van der Waals surface area contributed by atoms with Gasteiger partial charge >= 0.3 is 0 Å². The average Bonchev–Trinajstić information content (AvgIpc) is 2.59. The van der Waals surface area contributed by atoms with Gasteiger partial charge in [-0.15, -0.1) is 0 Å². The highest BCUT2D eigenvalue weighted by atomic mass is 35.5. The van der Waals surface area contributed by atoms with E-state index in [4.69, 9.17) is 27.9 Å². The van der Waals surface area contributed by atoms with Gasteiger partial charge in [0.25, 0.3) is 5.91 Å². The molecule has 0 saturated heterocycles. The number of carbonyl (C=O) groups is 1. The van der Waals surface area contributed by atoms with E-state index in [0.29, 0.717) is 17.2 Å². The molecule has 0 bridgehead atoms. The van der Waals surface area contributed by atoms with E-state index >= 15 is 0 Å². The molecule has 0 unspecified atom stereocenters. The summed E-state index contributed by atoms with van der Waals surface area (Å²) in [6.07, 6.45) is 0. The van der Waals surface area contributed by atoms with Crippen molar-refractivity contribution in [3.05, 3.63) is 82.6 Å². The van der Waals surface area contributed by atoms with Gasteiger partial charge < -0.3 is 10.1 Å². The molecular formula is C18H12Cl2N2O2. The zero-order valence-electron chi connectivity index (χ0n) is 12.4. The number of hydrogen-bond acceptors (Lipinski definition) is 3. The zero-order valence-corrected chi connectivity index (χ0v) is 13.9. The molecule has 1 N–H and O–H groups in total. The number of nitrogens with one attached hydrogen (secondary N) is 1. The molecular weight excluding hydrogens is 347 g/mol. The third-order valence-corrected chi connectivity index (χ3v) is 3.65. The lowest BCUT2D eigenvalue weighted by Gasteiger charge is -2.12. The Morgan fingerprint density at radius 2 is 1.62 bits per heavy atom. The van der Waals surface area contributed by atoms with Crippen molar-refractivity contribution in [2.24, 2.45) is 0 Å². The van der Waals surface area contributed by atoms with Crippen molar-refractivity contribution in [2.45, 2.75) is 0 Å². The predicted molar refractivity (Wildman–Crippen MR) is 95.2 cm³/mol. The summed E-state index contributed by atoms with van der Waals surface area (Å²) >= 11 is 11.8. The summed E-state index contributed by atoms with van der Waals surface area (Å²) in [5.74, 6) is 0.708. The number of aromatic nitrogens is 1. The van der Waals surface area contributed by atoms with E-state index in [0.717, 1.165) is 0 Å². The van der Waals surface area contributed by atoms with Gasteiger partial charge in [-0.25, -0.2) is 4.98 Å². The van der Waals surface area contributed by atoms with Crippen LogP contribution in [0, 0.1) is 0 Å². The fourth-order valence-electron chi connectivity index (χ4n) is 2.03. The number of amides is 1. The topological polar surface area (TPSA) is 51.2 Å². The fourth-order valence-corrected chi connectivity index (χ4v) is 2.37. The zero-order chi connectivity index (χ0) is 16.9. The first-order valence-corrected chi connectivity index (χ1v) is 7.84. The quantitative estimate of drug-likeness (QED) is 0.632. The van der Waals surface area contributed by atoms with E-state index in [1.165, 1.54) is 12.1 Å². The average molecular weight is 359 g/mol. The van der Waals surface area contributed by atoms with Crippen molar-refractivity contribution in [3.63, 3.8) is 0 Å². The van der Waals surface area contributed by atoms with E-state index < -0.39 is 5.91 Å². The van der Waals surface area contributed by atoms with E-state index in [1.807, 2.05) is 36.4 Å². The normalized spacial score (nSPS) is 10.2. The van der Waals surface area contributed by atoms with E-state index in [9.17, 15) is 4.79 Å². The Kier molecular flexibility index (Phi) is 4.99. The SMILES string of the molecule is O=C(Nc1ccccc1Oc1ccccc1)c1nc(Cl)ccc1Cl. The molecule has 0 aliphatic carbocycles. The highest BCUT2D eigenvalue weighted by Crippen LogP contribution is 2.30. The first-order chi connectivity index (χ1) is 11.6. The van der Waals surface area contributed by atoms with Crippen LogP contribution >= 0.6 is 23.2 Å². The minimum absolute atomic E-state index is 0.0543. The third-order valence-electron chi connectivity index (χ3n) is 3.13. The number of para-hydroxylation sites is 3. The number of anilines is 1. The van der Waals surface area contributed by atoms with Crippen molar-refractivity contribution in [3.8, 4) is 11.5 Å². The lowest BCUT2D eigenvalue weighted by Crippen LogP contribution is -2.15. The molecule has 0 spiro atoms. The highest BCUT2D eigenvalue weighted by Gasteiger charge is 2.15. The second-order valence-corrected chi connectivity index (χ2v) is 5.62. The molecule has 1 heterocycles. The summed E-state index contributed by atoms with van der Waals surface area (Å²) in [6.45, 7) is 0. The Bertz CT molecular complexity index is 870. The van der Waals surface area contributed by atoms with Crippen LogP contribution in [0.15, 0.2) is 66.7 Å². The van der Waals surface area contributed by atoms with Gasteiger partial charge in [-0.1, -0.05) is 53.5 Å². The number of rotatable bonds is 4. The summed E-state index contributed by atoms with van der Waals surface area (Å²) in [4.78, 5) is 16.4. The second kappa shape index (κ2) is 7.34. The van der Waals surface area contributed by atoms with Gasteiger partial charge in [0.05, 0.1) is 10.7 Å². The van der Waals surface area contributed by atoms with Crippen LogP contribution < -0.4 is 10.1 Å². The van der Waals surface area contributed by atoms with E-state index in [1.54, 1.807) is 18.2 Å². The molecule has 4 nitrogen and oxygen atoms in total. The Balaban J connectivity index is 1.85. The summed E-state index contributed by atoms with van der Waals surface area (Å²) in [7, 11) is 0. The van der Waals surface area contributed by atoms with Gasteiger partial charge in [0.2, 0.25) is 0 Å². The molecule has 24 heavy (non-hydrogen) atoms. The molecule has 6 heteroatoms. The Labute approximate surface area is 149 Å². The molecule has 2 aromatic carbocycles.